The smallest absolute Gasteiger partial charge is 0.260 e. The van der Waals surface area contributed by atoms with Crippen LogP contribution in [0.5, 0.6) is 0 Å². The molecule has 0 radical (unpaired) electrons. The summed E-state index contributed by atoms with van der Waals surface area (Å²) in [5.74, 6) is 0.0897. The lowest BCUT2D eigenvalue weighted by Crippen LogP contribution is -2.39. The van der Waals surface area contributed by atoms with Gasteiger partial charge < -0.3 is 0 Å². The lowest BCUT2D eigenvalue weighted by atomic mass is 10.1. The second-order valence-electron chi connectivity index (χ2n) is 3.06. The molecule has 0 saturated carbocycles. The molecule has 0 aliphatic rings. The van der Waals surface area contributed by atoms with Crippen LogP contribution in [0.25, 0.3) is 0 Å². The molecule has 0 saturated heterocycles. The van der Waals surface area contributed by atoms with Crippen molar-refractivity contribution in [3.63, 3.8) is 0 Å². The molecule has 0 unspecified atom stereocenters. The zero-order chi connectivity index (χ0) is 9.56. The number of carbonyl (C=O) groups is 1. The number of hydrogen-bond acceptors (Lipinski definition) is 2. The molecule has 0 aromatic carbocycles. The monoisotopic (exact) mass is 170 g/mol. The Labute approximate surface area is 74.2 Å². The van der Waals surface area contributed by atoms with E-state index in [0.29, 0.717) is 5.57 Å². The Morgan fingerprint density at radius 2 is 2.08 bits per heavy atom. The average Bonchev–Trinajstić information content (AvgIpc) is 2.03. The molecule has 0 spiro atoms. The minimum atomic E-state index is -0.113. The third-order valence-corrected chi connectivity index (χ3v) is 1.57. The van der Waals surface area contributed by atoms with Crippen LogP contribution in [-0.4, -0.2) is 12.5 Å². The molecule has 3 nitrogen and oxygen atoms in total. The highest BCUT2D eigenvalue weighted by atomic mass is 16.2. The summed E-state index contributed by atoms with van der Waals surface area (Å²) < 4.78 is 0. The van der Waals surface area contributed by atoms with Crippen LogP contribution in [0.3, 0.4) is 0 Å². The molecule has 0 fully saturated rings. The molecule has 0 aliphatic carbocycles. The molecule has 0 aromatic rings. The molecule has 70 valence electrons. The lowest BCUT2D eigenvalue weighted by molar-refractivity contribution is -0.118. The van der Waals surface area contributed by atoms with Gasteiger partial charge in [-0.25, -0.2) is 5.43 Å². The van der Waals surface area contributed by atoms with Crippen LogP contribution in [0.2, 0.25) is 0 Å². The van der Waals surface area contributed by atoms with Crippen molar-refractivity contribution in [3.8, 4) is 0 Å². The maximum Gasteiger partial charge on any atom is 0.260 e. The first-order valence-electron chi connectivity index (χ1n) is 4.31. The summed E-state index contributed by atoms with van der Waals surface area (Å²) in [6.07, 6.45) is 0.994. The average molecular weight is 170 g/mol. The van der Waals surface area contributed by atoms with E-state index in [-0.39, 0.29) is 11.8 Å². The highest BCUT2D eigenvalue weighted by Gasteiger charge is 2.08. The van der Waals surface area contributed by atoms with E-state index in [1.165, 1.54) is 0 Å². The van der Waals surface area contributed by atoms with E-state index >= 15 is 0 Å². The largest absolute Gasteiger partial charge is 0.288 e. The fourth-order valence-corrected chi connectivity index (χ4v) is 0.610. The highest BCUT2D eigenvalue weighted by molar-refractivity contribution is 5.92. The van der Waals surface area contributed by atoms with Crippen LogP contribution in [0.15, 0.2) is 12.2 Å². The first kappa shape index (κ1) is 11.2. The van der Waals surface area contributed by atoms with Gasteiger partial charge >= 0.3 is 0 Å². The SMILES string of the molecule is C=C(C(=O)NNCCC)C(C)C. The fraction of sp³-hybridized carbons (Fsp3) is 0.667. The molecule has 2 N–H and O–H groups in total. The Balaban J connectivity index is 3.65. The maximum atomic E-state index is 11.2. The summed E-state index contributed by atoms with van der Waals surface area (Å²) in [6, 6.07) is 0. The quantitative estimate of drug-likeness (QED) is 0.370. The fourth-order valence-electron chi connectivity index (χ4n) is 0.610. The molecule has 12 heavy (non-hydrogen) atoms. The van der Waals surface area contributed by atoms with Crippen LogP contribution >= 0.6 is 0 Å². The normalized spacial score (nSPS) is 10.0. The predicted octanol–water partition coefficient (Wildman–Crippen LogP) is 1.23. The van der Waals surface area contributed by atoms with Crippen LogP contribution in [0.1, 0.15) is 27.2 Å². The van der Waals surface area contributed by atoms with Crippen molar-refractivity contribution in [2.75, 3.05) is 6.54 Å². The van der Waals surface area contributed by atoms with Gasteiger partial charge in [-0.2, -0.15) is 0 Å². The van der Waals surface area contributed by atoms with Gasteiger partial charge in [0.15, 0.2) is 0 Å². The Morgan fingerprint density at radius 3 is 2.50 bits per heavy atom. The van der Waals surface area contributed by atoms with Gasteiger partial charge in [-0.3, -0.25) is 10.2 Å². The van der Waals surface area contributed by atoms with Crippen molar-refractivity contribution >= 4 is 5.91 Å². The van der Waals surface area contributed by atoms with E-state index in [4.69, 9.17) is 0 Å². The number of carbonyl (C=O) groups excluding carboxylic acids is 1. The molecular weight excluding hydrogens is 152 g/mol. The molecule has 0 bridgehead atoms. The van der Waals surface area contributed by atoms with E-state index in [1.54, 1.807) is 0 Å². The highest BCUT2D eigenvalue weighted by Crippen LogP contribution is 2.04. The van der Waals surface area contributed by atoms with Gasteiger partial charge in [0.2, 0.25) is 0 Å². The number of hydrogen-bond donors (Lipinski definition) is 2. The summed E-state index contributed by atoms with van der Waals surface area (Å²) >= 11 is 0. The van der Waals surface area contributed by atoms with Crippen molar-refractivity contribution in [3.05, 3.63) is 12.2 Å². The second-order valence-corrected chi connectivity index (χ2v) is 3.06. The zero-order valence-corrected chi connectivity index (χ0v) is 8.11. The van der Waals surface area contributed by atoms with Crippen molar-refractivity contribution in [2.24, 2.45) is 5.92 Å². The molecule has 3 heteroatoms. The number of nitrogens with one attached hydrogen (secondary N) is 2. The molecule has 1 amide bonds. The third-order valence-electron chi connectivity index (χ3n) is 1.57. The van der Waals surface area contributed by atoms with Gasteiger partial charge in [-0.15, -0.1) is 0 Å². The van der Waals surface area contributed by atoms with Crippen molar-refractivity contribution in [2.45, 2.75) is 27.2 Å². The summed E-state index contributed by atoms with van der Waals surface area (Å²) in [5.41, 5.74) is 6.00. The Kier molecular flexibility index (Phi) is 5.37. The summed E-state index contributed by atoms with van der Waals surface area (Å²) in [5, 5.41) is 0. The van der Waals surface area contributed by atoms with Gasteiger partial charge in [0.1, 0.15) is 0 Å². The standard InChI is InChI=1S/C9H18N2O/c1-5-6-10-11-9(12)8(4)7(2)3/h7,10H,4-6H2,1-3H3,(H,11,12). The van der Waals surface area contributed by atoms with Gasteiger partial charge in [0.25, 0.3) is 5.91 Å². The molecule has 0 atom stereocenters. The zero-order valence-electron chi connectivity index (χ0n) is 8.11. The summed E-state index contributed by atoms with van der Waals surface area (Å²) in [7, 11) is 0. The second kappa shape index (κ2) is 5.77. The van der Waals surface area contributed by atoms with Gasteiger partial charge in [0.05, 0.1) is 0 Å². The van der Waals surface area contributed by atoms with Crippen molar-refractivity contribution in [1.82, 2.24) is 10.9 Å². The third kappa shape index (κ3) is 4.13. The number of hydrazine groups is 1. The van der Waals surface area contributed by atoms with Crippen LogP contribution in [0.4, 0.5) is 0 Å². The van der Waals surface area contributed by atoms with Crippen molar-refractivity contribution in [1.29, 1.82) is 0 Å². The topological polar surface area (TPSA) is 41.1 Å². The molecule has 0 heterocycles. The molecular formula is C9H18N2O. The van der Waals surface area contributed by atoms with Gasteiger partial charge in [-0.05, 0) is 12.3 Å². The Bertz CT molecular complexity index is 164. The Morgan fingerprint density at radius 1 is 1.50 bits per heavy atom. The predicted molar refractivity (Wildman–Crippen MR) is 50.4 cm³/mol. The first-order chi connectivity index (χ1) is 5.59. The molecule has 0 aliphatic heterocycles. The van der Waals surface area contributed by atoms with Crippen LogP contribution < -0.4 is 10.9 Å². The Hall–Kier alpha value is -0.830. The van der Waals surface area contributed by atoms with E-state index in [2.05, 4.69) is 17.4 Å². The molecule has 0 rings (SSSR count). The first-order valence-corrected chi connectivity index (χ1v) is 4.31. The summed E-state index contributed by atoms with van der Waals surface area (Å²) in [6.45, 7) is 10.4. The van der Waals surface area contributed by atoms with Gasteiger partial charge in [-0.1, -0.05) is 27.4 Å². The summed E-state index contributed by atoms with van der Waals surface area (Å²) in [4.78, 5) is 11.2. The minimum absolute atomic E-state index is 0.113. The lowest BCUT2D eigenvalue weighted by Gasteiger charge is -2.10. The van der Waals surface area contributed by atoms with Crippen LogP contribution in [0, 0.1) is 5.92 Å². The molecule has 0 aromatic heterocycles. The van der Waals surface area contributed by atoms with E-state index in [1.807, 2.05) is 20.8 Å². The number of rotatable bonds is 5. The van der Waals surface area contributed by atoms with E-state index in [9.17, 15) is 4.79 Å². The van der Waals surface area contributed by atoms with Crippen LogP contribution in [-0.2, 0) is 4.79 Å². The van der Waals surface area contributed by atoms with E-state index < -0.39 is 0 Å². The van der Waals surface area contributed by atoms with Crippen molar-refractivity contribution < 1.29 is 4.79 Å². The minimum Gasteiger partial charge on any atom is -0.288 e. The van der Waals surface area contributed by atoms with E-state index in [0.717, 1.165) is 13.0 Å². The van der Waals surface area contributed by atoms with Gasteiger partial charge in [0, 0.05) is 12.1 Å². The number of amides is 1. The maximum absolute atomic E-state index is 11.2.